The topological polar surface area (TPSA) is 109 Å². The van der Waals surface area contributed by atoms with Crippen molar-refractivity contribution in [2.24, 2.45) is 7.05 Å². The SMILES string of the molecule is Cn1[nH]cc2c(F)c3c(=O)cc(-c4cc(C#N)ccc4S(C)(=O)=O)nc3cc21. The number of H-pyrrole nitrogens is 1. The van der Waals surface area contributed by atoms with Crippen LogP contribution >= 0.6 is 0 Å². The number of benzene rings is 2. The van der Waals surface area contributed by atoms with E-state index in [1.54, 1.807) is 17.8 Å². The summed E-state index contributed by atoms with van der Waals surface area (Å²) >= 11 is 0. The number of sulfone groups is 1. The van der Waals surface area contributed by atoms with Crippen LogP contribution in [0.3, 0.4) is 0 Å². The highest BCUT2D eigenvalue weighted by Gasteiger charge is 2.20. The largest absolute Gasteiger partial charge is 0.305 e. The molecule has 9 heteroatoms. The van der Waals surface area contributed by atoms with Crippen molar-refractivity contribution in [2.45, 2.75) is 4.90 Å². The minimum absolute atomic E-state index is 0.0620. The van der Waals surface area contributed by atoms with Crippen molar-refractivity contribution in [1.29, 1.82) is 5.26 Å². The number of rotatable bonds is 2. The molecule has 0 saturated heterocycles. The fourth-order valence-electron chi connectivity index (χ4n) is 3.23. The molecule has 2 heterocycles. The summed E-state index contributed by atoms with van der Waals surface area (Å²) in [6.07, 6.45) is 2.48. The van der Waals surface area contributed by atoms with Gasteiger partial charge in [0.05, 0.1) is 44.0 Å². The molecule has 28 heavy (non-hydrogen) atoms. The predicted molar refractivity (Wildman–Crippen MR) is 102 cm³/mol. The van der Waals surface area contributed by atoms with Gasteiger partial charge in [-0.3, -0.25) is 9.48 Å². The second-order valence-electron chi connectivity index (χ2n) is 6.45. The maximum Gasteiger partial charge on any atom is 0.193 e. The van der Waals surface area contributed by atoms with Gasteiger partial charge in [-0.2, -0.15) is 5.26 Å². The molecular weight excluding hydrogens is 383 g/mol. The summed E-state index contributed by atoms with van der Waals surface area (Å²) in [5.74, 6) is -0.692. The van der Waals surface area contributed by atoms with E-state index in [1.807, 2.05) is 6.07 Å². The second kappa shape index (κ2) is 6.00. The maximum absolute atomic E-state index is 14.8. The van der Waals surface area contributed by atoms with Gasteiger partial charge in [0.15, 0.2) is 15.3 Å². The highest BCUT2D eigenvalue weighted by Crippen LogP contribution is 2.30. The Morgan fingerprint density at radius 2 is 2.00 bits per heavy atom. The van der Waals surface area contributed by atoms with Crippen molar-refractivity contribution in [1.82, 2.24) is 14.8 Å². The van der Waals surface area contributed by atoms with Crippen molar-refractivity contribution >= 4 is 31.6 Å². The van der Waals surface area contributed by atoms with E-state index in [9.17, 15) is 17.6 Å². The van der Waals surface area contributed by atoms with E-state index < -0.39 is 21.1 Å². The third-order valence-corrected chi connectivity index (χ3v) is 5.72. The number of hydrogen-bond donors (Lipinski definition) is 1. The Bertz CT molecular complexity index is 1490. The third kappa shape index (κ3) is 2.66. The van der Waals surface area contributed by atoms with Crippen molar-refractivity contribution in [3.05, 3.63) is 58.1 Å². The van der Waals surface area contributed by atoms with Crippen LogP contribution in [0, 0.1) is 17.1 Å². The molecule has 0 fully saturated rings. The molecule has 2 aromatic heterocycles. The minimum Gasteiger partial charge on any atom is -0.305 e. The van der Waals surface area contributed by atoms with Crippen LogP contribution in [0.1, 0.15) is 5.56 Å². The number of nitrogens with zero attached hydrogens (tertiary/aromatic N) is 3. The van der Waals surface area contributed by atoms with Gasteiger partial charge in [0, 0.05) is 31.1 Å². The zero-order valence-electron chi connectivity index (χ0n) is 14.8. The first-order valence-corrected chi connectivity index (χ1v) is 10.0. The van der Waals surface area contributed by atoms with Crippen LogP contribution in [0.2, 0.25) is 0 Å². The summed E-state index contributed by atoms with van der Waals surface area (Å²) in [7, 11) is -1.96. The molecule has 4 rings (SSSR count). The molecule has 0 amide bonds. The predicted octanol–water partition coefficient (Wildman–Crippen LogP) is 2.50. The average Bonchev–Trinajstić information content (AvgIpc) is 3.01. The Morgan fingerprint density at radius 1 is 1.25 bits per heavy atom. The first-order chi connectivity index (χ1) is 13.2. The molecule has 0 saturated carbocycles. The zero-order chi connectivity index (χ0) is 20.2. The molecule has 0 bridgehead atoms. The maximum atomic E-state index is 14.8. The second-order valence-corrected chi connectivity index (χ2v) is 8.43. The summed E-state index contributed by atoms with van der Waals surface area (Å²) < 4.78 is 40.7. The van der Waals surface area contributed by atoms with Crippen LogP contribution < -0.4 is 5.43 Å². The molecular formula is C19H13FN4O3S. The molecule has 1 N–H and O–H groups in total. The van der Waals surface area contributed by atoms with E-state index in [1.165, 1.54) is 24.4 Å². The Balaban J connectivity index is 2.12. The highest BCUT2D eigenvalue weighted by molar-refractivity contribution is 7.90. The number of fused-ring (bicyclic) bond motifs is 2. The molecule has 4 aromatic rings. The first-order valence-electron chi connectivity index (χ1n) is 8.12. The molecule has 0 unspecified atom stereocenters. The Kier molecular flexibility index (Phi) is 3.83. The van der Waals surface area contributed by atoms with E-state index in [0.717, 1.165) is 12.3 Å². The van der Waals surface area contributed by atoms with Gasteiger partial charge < -0.3 is 5.10 Å². The lowest BCUT2D eigenvalue weighted by Gasteiger charge is -2.09. The Hall–Kier alpha value is -3.51. The van der Waals surface area contributed by atoms with E-state index >= 15 is 0 Å². The molecule has 2 aromatic carbocycles. The van der Waals surface area contributed by atoms with Gasteiger partial charge in [0.1, 0.15) is 5.82 Å². The van der Waals surface area contributed by atoms with Gasteiger partial charge in [0.25, 0.3) is 0 Å². The standard InChI is InChI=1S/C19H13FN4O3S/c1-24-15-6-14-18(19(20)12(15)9-22-24)16(25)7-13(23-14)11-5-10(8-21)3-4-17(11)28(2,26)27/h3-7,9,22H,1-2H3. The number of hydrogen-bond acceptors (Lipinski definition) is 5. The van der Waals surface area contributed by atoms with Gasteiger partial charge in [-0.1, -0.05) is 0 Å². The zero-order valence-corrected chi connectivity index (χ0v) is 15.6. The molecule has 0 aliphatic rings. The summed E-state index contributed by atoms with van der Waals surface area (Å²) in [6.45, 7) is 0. The normalized spacial score (nSPS) is 11.8. The first kappa shape index (κ1) is 17.9. The number of aryl methyl sites for hydroxylation is 1. The summed E-state index contributed by atoms with van der Waals surface area (Å²) in [6, 6.07) is 8.62. The van der Waals surface area contributed by atoms with E-state index in [-0.39, 0.29) is 38.0 Å². The Labute approximate surface area is 158 Å². The lowest BCUT2D eigenvalue weighted by atomic mass is 10.1. The van der Waals surface area contributed by atoms with E-state index in [0.29, 0.717) is 5.52 Å². The van der Waals surface area contributed by atoms with Crippen molar-refractivity contribution < 1.29 is 12.8 Å². The van der Waals surface area contributed by atoms with Crippen LogP contribution in [-0.2, 0) is 16.9 Å². The fourth-order valence-corrected chi connectivity index (χ4v) is 4.10. The number of aromatic amines is 1. The van der Waals surface area contributed by atoms with Crippen LogP contribution in [-0.4, -0.2) is 29.4 Å². The van der Waals surface area contributed by atoms with Gasteiger partial charge in [-0.25, -0.2) is 17.8 Å². The van der Waals surface area contributed by atoms with Crippen LogP contribution in [0.4, 0.5) is 4.39 Å². The number of halogens is 1. The van der Waals surface area contributed by atoms with Gasteiger partial charge >= 0.3 is 0 Å². The van der Waals surface area contributed by atoms with Crippen molar-refractivity contribution in [3.8, 4) is 17.3 Å². The third-order valence-electron chi connectivity index (χ3n) is 4.56. The molecule has 0 aliphatic heterocycles. The number of aromatic nitrogens is 3. The number of nitrogens with one attached hydrogen (secondary N) is 1. The summed E-state index contributed by atoms with van der Waals surface area (Å²) in [4.78, 5) is 16.9. The van der Waals surface area contributed by atoms with Crippen LogP contribution in [0.25, 0.3) is 33.1 Å². The van der Waals surface area contributed by atoms with Crippen molar-refractivity contribution in [3.63, 3.8) is 0 Å². The Morgan fingerprint density at radius 3 is 2.68 bits per heavy atom. The van der Waals surface area contributed by atoms with E-state index in [2.05, 4.69) is 10.1 Å². The molecule has 7 nitrogen and oxygen atoms in total. The van der Waals surface area contributed by atoms with Gasteiger partial charge in [-0.05, 0) is 24.3 Å². The lowest BCUT2D eigenvalue weighted by molar-refractivity contribution is 0.602. The monoisotopic (exact) mass is 396 g/mol. The van der Waals surface area contributed by atoms with Gasteiger partial charge in [0.2, 0.25) is 0 Å². The molecule has 0 aliphatic carbocycles. The number of pyridine rings is 1. The highest BCUT2D eigenvalue weighted by atomic mass is 32.2. The molecule has 0 radical (unpaired) electrons. The van der Waals surface area contributed by atoms with Gasteiger partial charge in [-0.15, -0.1) is 0 Å². The number of nitriles is 1. The molecule has 140 valence electrons. The van der Waals surface area contributed by atoms with Crippen LogP contribution in [0.5, 0.6) is 0 Å². The lowest BCUT2D eigenvalue weighted by Crippen LogP contribution is -2.08. The van der Waals surface area contributed by atoms with Crippen LogP contribution in [0.15, 0.2) is 46.2 Å². The summed E-state index contributed by atoms with van der Waals surface area (Å²) in [5, 5.41) is 12.1. The smallest absolute Gasteiger partial charge is 0.193 e. The average molecular weight is 396 g/mol. The molecule has 0 spiro atoms. The fraction of sp³-hybridized carbons (Fsp3) is 0.105. The van der Waals surface area contributed by atoms with Crippen molar-refractivity contribution in [2.75, 3.05) is 6.26 Å². The summed E-state index contributed by atoms with van der Waals surface area (Å²) in [5.41, 5.74) is 0.389. The quantitative estimate of drug-likeness (QED) is 0.560. The molecule has 0 atom stereocenters. The van der Waals surface area contributed by atoms with E-state index in [4.69, 9.17) is 5.26 Å². The minimum atomic E-state index is -3.65.